The first-order valence-electron chi connectivity index (χ1n) is 16.2. The average Bonchev–Trinajstić information content (AvgIpc) is 3.96. The Labute approximate surface area is 325 Å². The molecule has 6 N–H and O–H groups in total. The molecule has 0 spiro atoms. The van der Waals surface area contributed by atoms with E-state index in [0.717, 1.165) is 55.8 Å². The highest BCUT2D eigenvalue weighted by molar-refractivity contribution is 7.10. The number of rotatable bonds is 9. The zero-order valence-electron chi connectivity index (χ0n) is 28.6. The minimum atomic E-state index is -4.67. The molecule has 1 aromatic carbocycles. The van der Waals surface area contributed by atoms with Gasteiger partial charge in [0.15, 0.2) is 18.3 Å². The van der Waals surface area contributed by atoms with Gasteiger partial charge in [0.2, 0.25) is 0 Å². The highest BCUT2D eigenvalue weighted by atomic mass is 32.1. The number of halogens is 9. The number of alkyl halides is 9. The van der Waals surface area contributed by atoms with E-state index >= 15 is 0 Å². The van der Waals surface area contributed by atoms with E-state index in [2.05, 4.69) is 34.2 Å². The molecule has 0 fully saturated rings. The van der Waals surface area contributed by atoms with Crippen molar-refractivity contribution in [3.05, 3.63) is 116 Å². The Balaban J connectivity index is 0.000000200. The van der Waals surface area contributed by atoms with Crippen molar-refractivity contribution in [2.45, 2.75) is 74.4 Å². The van der Waals surface area contributed by atoms with Crippen LogP contribution in [0.5, 0.6) is 0 Å². The Morgan fingerprint density at radius 3 is 0.946 bits per heavy atom. The topological polar surface area (TPSA) is 147 Å². The van der Waals surface area contributed by atoms with Crippen LogP contribution < -0.4 is 0 Å². The predicted molar refractivity (Wildman–Crippen MR) is 195 cm³/mol. The first kappa shape index (κ1) is 46.7. The fourth-order valence-corrected chi connectivity index (χ4v) is 6.68. The van der Waals surface area contributed by atoms with Gasteiger partial charge in [-0.3, -0.25) is 9.97 Å². The second kappa shape index (κ2) is 21.1. The number of aromatic nitrogens is 2. The van der Waals surface area contributed by atoms with E-state index in [-0.39, 0.29) is 0 Å². The third-order valence-electron chi connectivity index (χ3n) is 7.43. The van der Waals surface area contributed by atoms with Gasteiger partial charge in [0.1, 0.15) is 0 Å². The van der Waals surface area contributed by atoms with Crippen molar-refractivity contribution >= 4 is 55.8 Å². The molecule has 56 heavy (non-hydrogen) atoms. The molecule has 5 aromatic heterocycles. The van der Waals surface area contributed by atoms with Crippen LogP contribution in [0.1, 0.15) is 52.2 Å². The van der Waals surface area contributed by atoms with Crippen molar-refractivity contribution < 1.29 is 70.2 Å². The maximum Gasteiger partial charge on any atom is 0.414 e. The molecule has 5 heterocycles. The number of benzene rings is 1. The van der Waals surface area contributed by atoms with E-state index in [1.807, 2.05) is 12.1 Å². The average molecular weight is 859 g/mol. The van der Waals surface area contributed by atoms with Crippen molar-refractivity contribution in [2.24, 2.45) is 0 Å². The van der Waals surface area contributed by atoms with Gasteiger partial charge < -0.3 is 30.6 Å². The monoisotopic (exact) mass is 858 g/mol. The third-order valence-corrected chi connectivity index (χ3v) is 10.4. The molecule has 0 saturated heterocycles. The number of fused-ring (bicyclic) bond motifs is 3. The Morgan fingerprint density at radius 1 is 0.429 bits per heavy atom. The zero-order valence-corrected chi connectivity index (χ0v) is 31.1. The third kappa shape index (κ3) is 15.0. The standard InChI is InChI=1S/C12H8N2.3C8H9F3O2S/c1-3-9-5-6-10-4-2-8-14-12(10)11(9)13-7-1;3*9-8(10,11)7(13)4-5(12)6-2-1-3-14-6/h1-8H;3*1-3,5,7,12-13H,4H2. The minimum absolute atomic E-state index is 0.424. The second-order valence-electron chi connectivity index (χ2n) is 11.7. The van der Waals surface area contributed by atoms with Gasteiger partial charge in [0.25, 0.3) is 0 Å². The van der Waals surface area contributed by atoms with Crippen LogP contribution in [-0.4, -0.2) is 77.4 Å². The number of aliphatic hydroxyl groups is 6. The van der Waals surface area contributed by atoms with Crippen LogP contribution in [-0.2, 0) is 0 Å². The van der Waals surface area contributed by atoms with E-state index in [1.54, 1.807) is 46.7 Å². The molecule has 8 nitrogen and oxygen atoms in total. The highest BCUT2D eigenvalue weighted by Gasteiger charge is 2.41. The predicted octanol–water partition coefficient (Wildman–Crippen LogP) is 9.07. The zero-order chi connectivity index (χ0) is 41.7. The van der Waals surface area contributed by atoms with Crippen molar-refractivity contribution in [3.8, 4) is 0 Å². The van der Waals surface area contributed by atoms with Crippen LogP contribution in [0.15, 0.2) is 101 Å². The Bertz CT molecular complexity index is 1790. The number of hydrogen-bond acceptors (Lipinski definition) is 11. The molecule has 0 aliphatic heterocycles. The lowest BCUT2D eigenvalue weighted by molar-refractivity contribution is -0.211. The van der Waals surface area contributed by atoms with Crippen molar-refractivity contribution in [1.82, 2.24) is 9.97 Å². The summed E-state index contributed by atoms with van der Waals surface area (Å²) < 4.78 is 107. The van der Waals surface area contributed by atoms with Crippen LogP contribution in [0.2, 0.25) is 0 Å². The second-order valence-corrected chi connectivity index (χ2v) is 14.6. The Hall–Kier alpha value is -3.73. The summed E-state index contributed by atoms with van der Waals surface area (Å²) in [6, 6.07) is 21.6. The van der Waals surface area contributed by atoms with Gasteiger partial charge in [0.05, 0.1) is 29.3 Å². The Kier molecular flexibility index (Phi) is 17.6. The van der Waals surface area contributed by atoms with Gasteiger partial charge in [-0.15, -0.1) is 34.0 Å². The first-order chi connectivity index (χ1) is 26.2. The van der Waals surface area contributed by atoms with E-state index < -0.39 is 74.4 Å². The molecule has 6 rings (SSSR count). The lowest BCUT2D eigenvalue weighted by atomic mass is 10.1. The van der Waals surface area contributed by atoms with Gasteiger partial charge in [-0.1, -0.05) is 42.5 Å². The van der Waals surface area contributed by atoms with E-state index in [0.29, 0.717) is 14.6 Å². The van der Waals surface area contributed by atoms with Crippen molar-refractivity contribution in [2.75, 3.05) is 0 Å². The quantitative estimate of drug-likeness (QED) is 0.0624. The summed E-state index contributed by atoms with van der Waals surface area (Å²) in [6.45, 7) is 0. The fraction of sp³-hybridized carbons (Fsp3) is 0.333. The summed E-state index contributed by atoms with van der Waals surface area (Å²) in [5.41, 5.74) is 1.95. The number of aliphatic hydroxyl groups excluding tert-OH is 6. The lowest BCUT2D eigenvalue weighted by Crippen LogP contribution is -2.30. The molecule has 0 amide bonds. The highest BCUT2D eigenvalue weighted by Crippen LogP contribution is 2.32. The molecule has 6 atom stereocenters. The molecular formula is C36H35F9N2O6S3. The number of hydrogen-bond donors (Lipinski definition) is 6. The SMILES string of the molecule is OC(CC(O)C(F)(F)F)c1cccs1.OC(CC(O)C(F)(F)F)c1cccs1.OC(CC(O)C(F)(F)F)c1cccs1.c1cnc2c(c1)ccc1cccnc12. The van der Waals surface area contributed by atoms with Crippen molar-refractivity contribution in [1.29, 1.82) is 0 Å². The molecule has 0 radical (unpaired) electrons. The van der Waals surface area contributed by atoms with E-state index in [9.17, 15) is 54.8 Å². The fourth-order valence-electron chi connectivity index (χ4n) is 4.51. The van der Waals surface area contributed by atoms with Crippen molar-refractivity contribution in [3.63, 3.8) is 0 Å². The largest absolute Gasteiger partial charge is 0.414 e. The van der Waals surface area contributed by atoms with E-state index in [4.69, 9.17) is 15.3 Å². The van der Waals surface area contributed by atoms with Crippen LogP contribution in [0.3, 0.4) is 0 Å². The Morgan fingerprint density at radius 2 is 0.714 bits per heavy atom. The number of pyridine rings is 2. The van der Waals surface area contributed by atoms with Crippen LogP contribution in [0, 0.1) is 0 Å². The molecule has 0 bridgehead atoms. The summed E-state index contributed by atoms with van der Waals surface area (Å²) in [5.74, 6) is 0. The van der Waals surface area contributed by atoms with E-state index in [1.165, 1.54) is 18.2 Å². The summed E-state index contributed by atoms with van der Waals surface area (Å²) in [5, 5.41) is 61.1. The van der Waals surface area contributed by atoms with Crippen LogP contribution in [0.25, 0.3) is 21.8 Å². The summed E-state index contributed by atoms with van der Waals surface area (Å²) in [6.07, 6.45) is -23.7. The van der Waals surface area contributed by atoms with Crippen LogP contribution in [0.4, 0.5) is 39.5 Å². The first-order valence-corrected chi connectivity index (χ1v) is 18.8. The maximum atomic E-state index is 11.9. The summed E-state index contributed by atoms with van der Waals surface area (Å²) in [4.78, 5) is 9.97. The molecule has 0 saturated carbocycles. The lowest BCUT2D eigenvalue weighted by Gasteiger charge is -2.17. The normalized spacial score (nSPS) is 15.2. The minimum Gasteiger partial charge on any atom is -0.387 e. The smallest absolute Gasteiger partial charge is 0.387 e. The van der Waals surface area contributed by atoms with Gasteiger partial charge in [-0.25, -0.2) is 0 Å². The molecule has 0 aliphatic rings. The maximum absolute atomic E-state index is 11.9. The van der Waals surface area contributed by atoms with Gasteiger partial charge in [0, 0.05) is 57.1 Å². The number of thiophene rings is 3. The molecule has 6 aromatic rings. The molecule has 306 valence electrons. The van der Waals surface area contributed by atoms with Crippen LogP contribution >= 0.6 is 34.0 Å². The summed E-state index contributed by atoms with van der Waals surface area (Å²) >= 11 is 3.47. The number of nitrogens with zero attached hydrogens (tertiary/aromatic N) is 2. The van der Waals surface area contributed by atoms with Gasteiger partial charge in [-0.2, -0.15) is 39.5 Å². The molecule has 6 unspecified atom stereocenters. The molecule has 0 aliphatic carbocycles. The molecule has 20 heteroatoms. The van der Waals surface area contributed by atoms with Gasteiger partial charge >= 0.3 is 18.5 Å². The summed E-state index contributed by atoms with van der Waals surface area (Å²) in [7, 11) is 0. The molecular weight excluding hydrogens is 824 g/mol. The van der Waals surface area contributed by atoms with Gasteiger partial charge in [-0.05, 0) is 46.5 Å².